The number of fused-ring (bicyclic) bond motifs is 4. The fourth-order valence-electron chi connectivity index (χ4n) is 12.5. The van der Waals surface area contributed by atoms with Crippen LogP contribution in [-0.4, -0.2) is 152 Å². The highest BCUT2D eigenvalue weighted by molar-refractivity contribution is 7.59. The zero-order valence-corrected chi connectivity index (χ0v) is 57.4. The molecule has 2 spiro atoms. The van der Waals surface area contributed by atoms with Gasteiger partial charge < -0.3 is 45.4 Å². The molecule has 15 nitrogen and oxygen atoms in total. The molecule has 0 aliphatic carbocycles. The third-order valence-electron chi connectivity index (χ3n) is 17.1. The van der Waals surface area contributed by atoms with E-state index in [0.29, 0.717) is 52.4 Å². The van der Waals surface area contributed by atoms with Crippen molar-refractivity contribution in [2.45, 2.75) is 135 Å². The SMILES string of the molecule is CC(C)C(=O)N(C)C[C@](CCN1CCC2(CC1)NC(=O)Cc1ccccc12)(c1ccc(Cl)c(Cl)c1)N(C)C(=O)OC(C)(C)C.CCO.CN[C@](CCN1CCC2(CC1)NC(=O)Cc1ccccc12)(CN(C)C(=O)C(C)C)c1ccc(Cl)c(Cl)c1.S.S. The summed E-state index contributed by atoms with van der Waals surface area (Å²) < 4.78 is 5.85. The average molecular weight is 1310 g/mol. The number of amides is 5. The van der Waals surface area contributed by atoms with Crippen LogP contribution in [0.15, 0.2) is 84.9 Å². The molecule has 4 aliphatic rings. The van der Waals surface area contributed by atoms with Crippen LogP contribution < -0.4 is 16.0 Å². The number of carbonyl (C=O) groups excluding carboxylic acids is 5. The van der Waals surface area contributed by atoms with Gasteiger partial charge in [-0.3, -0.25) is 24.1 Å². The van der Waals surface area contributed by atoms with E-state index in [0.717, 1.165) is 87.1 Å². The number of aliphatic hydroxyl groups is 1. The van der Waals surface area contributed by atoms with E-state index in [4.69, 9.17) is 56.2 Å². The number of halogens is 4. The predicted molar refractivity (Wildman–Crippen MR) is 358 cm³/mol. The van der Waals surface area contributed by atoms with Crippen molar-refractivity contribution < 1.29 is 33.8 Å². The summed E-state index contributed by atoms with van der Waals surface area (Å²) in [4.78, 5) is 74.8. The molecule has 0 aromatic heterocycles. The van der Waals surface area contributed by atoms with E-state index in [-0.39, 0.29) is 86.7 Å². The molecule has 2 saturated heterocycles. The number of carbonyl (C=O) groups is 5. The Balaban J connectivity index is 0.000000349. The Bertz CT molecular complexity index is 2950. The minimum atomic E-state index is -0.976. The van der Waals surface area contributed by atoms with Crippen molar-refractivity contribution in [1.29, 1.82) is 0 Å². The molecule has 4 heterocycles. The number of piperidine rings is 2. The lowest BCUT2D eigenvalue weighted by Gasteiger charge is -2.48. The number of likely N-dealkylation sites (N-methyl/N-ethyl adjacent to an activating group) is 4. The molecule has 0 saturated carbocycles. The Labute approximate surface area is 545 Å². The Hall–Kier alpha value is -4.27. The summed E-state index contributed by atoms with van der Waals surface area (Å²) >= 11 is 25.5. The molecule has 2 atom stereocenters. The second kappa shape index (κ2) is 32.0. The molecule has 4 aliphatic heterocycles. The van der Waals surface area contributed by atoms with Gasteiger partial charge in [0.2, 0.25) is 23.6 Å². The largest absolute Gasteiger partial charge is 0.444 e. The van der Waals surface area contributed by atoms with E-state index in [1.165, 1.54) is 11.1 Å². The summed E-state index contributed by atoms with van der Waals surface area (Å²) in [6.07, 6.45) is 4.98. The molecule has 0 unspecified atom stereocenters. The smallest absolute Gasteiger partial charge is 0.410 e. The molecular weight excluding hydrogens is 1210 g/mol. The van der Waals surface area contributed by atoms with E-state index >= 15 is 0 Å². The lowest BCUT2D eigenvalue weighted by Crippen LogP contribution is -2.58. The van der Waals surface area contributed by atoms with Crippen LogP contribution in [-0.2, 0) is 58.9 Å². The van der Waals surface area contributed by atoms with Crippen LogP contribution in [0.2, 0.25) is 20.1 Å². The van der Waals surface area contributed by atoms with E-state index in [2.05, 4.69) is 56.1 Å². The highest BCUT2D eigenvalue weighted by Crippen LogP contribution is 2.42. The summed E-state index contributed by atoms with van der Waals surface area (Å²) in [7, 11) is 7.30. The topological polar surface area (TPSA) is 167 Å². The van der Waals surface area contributed by atoms with Gasteiger partial charge in [0, 0.05) is 91.9 Å². The maximum atomic E-state index is 13.7. The Morgan fingerprint density at radius 2 is 1.03 bits per heavy atom. The van der Waals surface area contributed by atoms with Crippen LogP contribution in [0, 0.1) is 11.8 Å². The van der Waals surface area contributed by atoms with Gasteiger partial charge in [0.1, 0.15) is 5.60 Å². The summed E-state index contributed by atoms with van der Waals surface area (Å²) in [5.74, 6) is -0.0539. The molecule has 4 aromatic carbocycles. The van der Waals surface area contributed by atoms with Gasteiger partial charge in [-0.15, -0.1) is 0 Å². The molecule has 5 amide bonds. The number of hydrogen-bond acceptors (Lipinski definition) is 10. The monoisotopic (exact) mass is 1300 g/mol. The molecule has 0 radical (unpaired) electrons. The second-order valence-electron chi connectivity index (χ2n) is 24.8. The van der Waals surface area contributed by atoms with Crippen LogP contribution in [0.5, 0.6) is 0 Å². The Morgan fingerprint density at radius 3 is 1.44 bits per heavy atom. The summed E-state index contributed by atoms with van der Waals surface area (Å²) in [5, 5.41) is 19.5. The number of likely N-dealkylation sites (tertiary alicyclic amines) is 2. The molecule has 4 aromatic rings. The quantitative estimate of drug-likeness (QED) is 0.0848. The number of ether oxygens (including phenoxy) is 1. The van der Waals surface area contributed by atoms with Crippen LogP contribution in [0.1, 0.15) is 127 Å². The minimum Gasteiger partial charge on any atom is -0.444 e. The average Bonchev–Trinajstić information content (AvgIpc) is 1.17. The third kappa shape index (κ3) is 18.0. The van der Waals surface area contributed by atoms with Gasteiger partial charge in [0.15, 0.2) is 0 Å². The van der Waals surface area contributed by atoms with Gasteiger partial charge in [-0.05, 0) is 131 Å². The lowest BCUT2D eigenvalue weighted by atomic mass is 9.75. The van der Waals surface area contributed by atoms with Crippen molar-refractivity contribution in [3.63, 3.8) is 0 Å². The number of aliphatic hydroxyl groups excluding tert-OH is 1. The van der Waals surface area contributed by atoms with Crippen molar-refractivity contribution in [3.8, 4) is 0 Å². The Kier molecular flexibility index (Phi) is 27.6. The fourth-order valence-corrected chi connectivity index (χ4v) is 13.1. The van der Waals surface area contributed by atoms with Crippen LogP contribution in [0.3, 0.4) is 0 Å². The number of hydrogen-bond donors (Lipinski definition) is 4. The number of benzene rings is 4. The van der Waals surface area contributed by atoms with Gasteiger partial charge in [0.25, 0.3) is 0 Å². The molecule has 4 N–H and O–H groups in total. The first kappa shape index (κ1) is 74.2. The number of rotatable bonds is 16. The van der Waals surface area contributed by atoms with E-state index in [1.54, 1.807) is 43.0 Å². The number of nitrogens with zero attached hydrogens (tertiary/aromatic N) is 5. The summed E-state index contributed by atoms with van der Waals surface area (Å²) in [5.41, 5.74) is 3.66. The Morgan fingerprint density at radius 1 is 0.640 bits per heavy atom. The van der Waals surface area contributed by atoms with Gasteiger partial charge in [-0.2, -0.15) is 27.0 Å². The summed E-state index contributed by atoms with van der Waals surface area (Å²) in [6.45, 7) is 20.5. The van der Waals surface area contributed by atoms with Crippen LogP contribution in [0.25, 0.3) is 0 Å². The van der Waals surface area contributed by atoms with Crippen molar-refractivity contribution in [2.24, 2.45) is 11.8 Å². The minimum absolute atomic E-state index is 0. The normalized spacial score (nSPS) is 17.5. The van der Waals surface area contributed by atoms with Crippen molar-refractivity contribution in [1.82, 2.24) is 40.4 Å². The molecule has 0 bridgehead atoms. The predicted octanol–water partition coefficient (Wildman–Crippen LogP) is 11.0. The highest BCUT2D eigenvalue weighted by Gasteiger charge is 2.47. The molecular formula is C65H94Cl4N8O7S2. The number of nitrogens with one attached hydrogen (secondary N) is 3. The molecule has 2 fully saturated rings. The highest BCUT2D eigenvalue weighted by atomic mass is 35.5. The van der Waals surface area contributed by atoms with Gasteiger partial charge in [-0.25, -0.2) is 4.79 Å². The zero-order chi connectivity index (χ0) is 62.0. The van der Waals surface area contributed by atoms with E-state index in [9.17, 15) is 24.0 Å². The van der Waals surface area contributed by atoms with Crippen molar-refractivity contribution in [2.75, 3.05) is 87.2 Å². The lowest BCUT2D eigenvalue weighted by molar-refractivity contribution is -0.135. The maximum absolute atomic E-state index is 13.7. The van der Waals surface area contributed by atoms with Gasteiger partial charge >= 0.3 is 6.09 Å². The fraction of sp³-hybridized carbons (Fsp3) is 0.554. The zero-order valence-electron chi connectivity index (χ0n) is 52.4. The standard InChI is InChI=1S/C34H46Cl2N4O4.C29H38Cl2N4O2.C2H6O.2H2S/c1-23(2)30(42)38(6)22-34(25-12-13-27(35)28(36)21-25,39(7)31(43)44-32(3,4)5)16-19-40-17-14-33(15-18-40)26-11-9-8-10-24(26)20-29(41)37-33;1-20(2)27(37)34(4)19-29(32-3,22-9-10-24(30)25(31)18-22)13-16-35-14-11-28(12-15-35)23-8-6-5-7-21(23)17-26(36)33-28;1-2-3;;/h8-13,21,23H,14-20,22H2,1-7H3,(H,37,41);5-10,18,20,32H,11-17,19H2,1-4H3,(H,33,36);3H,2H2,1H3;2*1H2/t34-;29-;;;/m11.../s1. The first-order chi connectivity index (χ1) is 39.6. The van der Waals surface area contributed by atoms with E-state index in [1.807, 2.05) is 110 Å². The van der Waals surface area contributed by atoms with Crippen LogP contribution in [0.4, 0.5) is 4.79 Å². The molecule has 86 heavy (non-hydrogen) atoms. The van der Waals surface area contributed by atoms with Crippen LogP contribution >= 0.6 is 73.4 Å². The van der Waals surface area contributed by atoms with Gasteiger partial charge in [-0.1, -0.05) is 135 Å². The first-order valence-electron chi connectivity index (χ1n) is 29.5. The second-order valence-corrected chi connectivity index (χ2v) is 26.4. The molecule has 21 heteroatoms. The van der Waals surface area contributed by atoms with Gasteiger partial charge in [0.05, 0.1) is 55.1 Å². The maximum Gasteiger partial charge on any atom is 0.410 e. The van der Waals surface area contributed by atoms with Crippen molar-refractivity contribution in [3.05, 3.63) is 138 Å². The molecule has 8 rings (SSSR count). The summed E-state index contributed by atoms with van der Waals surface area (Å²) in [6, 6.07) is 27.7. The third-order valence-corrected chi connectivity index (χ3v) is 18.6. The van der Waals surface area contributed by atoms with Crippen molar-refractivity contribution >= 4 is 103 Å². The first-order valence-corrected chi connectivity index (χ1v) is 31.0. The molecule has 476 valence electrons. The van der Waals surface area contributed by atoms with E-state index < -0.39 is 22.8 Å².